The normalized spacial score (nSPS) is 26.9. The van der Waals surface area contributed by atoms with Crippen LogP contribution in [-0.2, 0) is 4.74 Å². The minimum Gasteiger partial charge on any atom is -0.378 e. The Labute approximate surface area is 86.5 Å². The molecular formula is C12H21NO. The molecule has 1 fully saturated rings. The molecule has 0 aromatic heterocycles. The molecule has 0 spiro atoms. The third-order valence-corrected chi connectivity index (χ3v) is 3.84. The number of nitrogens with two attached hydrogens (primary N) is 1. The Bertz CT molecular complexity index is 225. The van der Waals surface area contributed by atoms with Gasteiger partial charge in [-0.2, -0.15) is 0 Å². The van der Waals surface area contributed by atoms with E-state index in [9.17, 15) is 0 Å². The van der Waals surface area contributed by atoms with Crippen LogP contribution in [0.4, 0.5) is 0 Å². The average Bonchev–Trinajstić information content (AvgIpc) is 2.63. The Balaban J connectivity index is 1.89. The van der Waals surface area contributed by atoms with Gasteiger partial charge in [0.2, 0.25) is 0 Å². The van der Waals surface area contributed by atoms with Gasteiger partial charge in [-0.05, 0) is 44.9 Å². The van der Waals surface area contributed by atoms with Crippen LogP contribution in [0.3, 0.4) is 0 Å². The maximum Gasteiger partial charge on any atom is 0.0696 e. The van der Waals surface area contributed by atoms with Gasteiger partial charge in [-0.3, -0.25) is 0 Å². The van der Waals surface area contributed by atoms with Gasteiger partial charge in [-0.15, -0.1) is 0 Å². The van der Waals surface area contributed by atoms with Crippen LogP contribution in [0.15, 0.2) is 11.6 Å². The highest BCUT2D eigenvalue weighted by Gasteiger charge is 2.38. The lowest BCUT2D eigenvalue weighted by molar-refractivity contribution is -0.0796. The molecule has 14 heavy (non-hydrogen) atoms. The second kappa shape index (κ2) is 4.03. The van der Waals surface area contributed by atoms with Crippen molar-refractivity contribution in [1.82, 2.24) is 0 Å². The van der Waals surface area contributed by atoms with Crippen molar-refractivity contribution in [3.63, 3.8) is 0 Å². The summed E-state index contributed by atoms with van der Waals surface area (Å²) in [7, 11) is 1.83. The highest BCUT2D eigenvalue weighted by Crippen LogP contribution is 2.40. The second-order valence-corrected chi connectivity index (χ2v) is 4.72. The van der Waals surface area contributed by atoms with Crippen LogP contribution < -0.4 is 5.73 Å². The zero-order valence-electron chi connectivity index (χ0n) is 9.09. The molecule has 2 N–H and O–H groups in total. The zero-order chi connectivity index (χ0) is 10.0. The van der Waals surface area contributed by atoms with E-state index in [-0.39, 0.29) is 11.6 Å². The quantitative estimate of drug-likeness (QED) is 0.699. The van der Waals surface area contributed by atoms with Crippen molar-refractivity contribution in [2.75, 3.05) is 7.11 Å². The largest absolute Gasteiger partial charge is 0.378 e. The first-order chi connectivity index (χ1) is 6.76. The molecule has 2 nitrogen and oxygen atoms in total. The van der Waals surface area contributed by atoms with Crippen molar-refractivity contribution in [3.05, 3.63) is 11.6 Å². The van der Waals surface area contributed by atoms with Crippen molar-refractivity contribution in [2.45, 2.75) is 56.6 Å². The van der Waals surface area contributed by atoms with Gasteiger partial charge in [0.1, 0.15) is 0 Å². The van der Waals surface area contributed by atoms with E-state index in [1.54, 1.807) is 0 Å². The van der Waals surface area contributed by atoms with E-state index in [1.807, 2.05) is 7.11 Å². The third-order valence-electron chi connectivity index (χ3n) is 3.84. The van der Waals surface area contributed by atoms with E-state index in [4.69, 9.17) is 10.5 Å². The molecule has 80 valence electrons. The molecule has 0 radical (unpaired) electrons. The summed E-state index contributed by atoms with van der Waals surface area (Å²) in [5.41, 5.74) is 7.80. The molecule has 0 saturated heterocycles. The fraction of sp³-hybridized carbons (Fsp3) is 0.833. The maximum atomic E-state index is 6.20. The topological polar surface area (TPSA) is 35.2 Å². The summed E-state index contributed by atoms with van der Waals surface area (Å²) in [4.78, 5) is 0. The number of hydrogen-bond donors (Lipinski definition) is 1. The first kappa shape index (κ1) is 10.2. The number of ether oxygens (including phenoxy) is 1. The van der Waals surface area contributed by atoms with Gasteiger partial charge in [0.15, 0.2) is 0 Å². The Morgan fingerprint density at radius 2 is 2.29 bits per heavy atom. The lowest BCUT2D eigenvalue weighted by Gasteiger charge is -2.42. The average molecular weight is 195 g/mol. The molecule has 2 heteroatoms. The predicted octanol–water partition coefficient (Wildman–Crippen LogP) is 2.38. The van der Waals surface area contributed by atoms with Gasteiger partial charge in [-0.25, -0.2) is 0 Å². The maximum absolute atomic E-state index is 6.20. The van der Waals surface area contributed by atoms with Crippen LogP contribution >= 0.6 is 0 Å². The van der Waals surface area contributed by atoms with E-state index < -0.39 is 0 Å². The molecule has 1 atom stereocenters. The van der Waals surface area contributed by atoms with Crippen LogP contribution in [0.1, 0.15) is 44.9 Å². The summed E-state index contributed by atoms with van der Waals surface area (Å²) in [6, 6.07) is 0.248. The van der Waals surface area contributed by atoms with Crippen LogP contribution in [0.2, 0.25) is 0 Å². The highest BCUT2D eigenvalue weighted by molar-refractivity contribution is 5.16. The lowest BCUT2D eigenvalue weighted by atomic mass is 9.74. The van der Waals surface area contributed by atoms with Crippen molar-refractivity contribution >= 4 is 0 Å². The highest BCUT2D eigenvalue weighted by atomic mass is 16.5. The van der Waals surface area contributed by atoms with E-state index in [2.05, 4.69) is 6.08 Å². The Hall–Kier alpha value is -0.340. The van der Waals surface area contributed by atoms with Gasteiger partial charge in [0.05, 0.1) is 5.60 Å². The molecule has 0 aromatic carbocycles. The van der Waals surface area contributed by atoms with Crippen molar-refractivity contribution in [2.24, 2.45) is 5.73 Å². The molecule has 1 unspecified atom stereocenters. The van der Waals surface area contributed by atoms with E-state index in [0.717, 1.165) is 6.42 Å². The smallest absolute Gasteiger partial charge is 0.0696 e. The molecule has 2 aliphatic rings. The summed E-state index contributed by atoms with van der Waals surface area (Å²) >= 11 is 0. The van der Waals surface area contributed by atoms with Gasteiger partial charge < -0.3 is 10.5 Å². The summed E-state index contributed by atoms with van der Waals surface area (Å²) in [6.45, 7) is 0. The van der Waals surface area contributed by atoms with Gasteiger partial charge >= 0.3 is 0 Å². The zero-order valence-corrected chi connectivity index (χ0v) is 9.09. The summed E-state index contributed by atoms with van der Waals surface area (Å²) < 4.78 is 5.60. The number of rotatable bonds is 4. The fourth-order valence-corrected chi connectivity index (χ4v) is 2.63. The number of allylic oxidation sites excluding steroid dienone is 1. The standard InChI is InChI=1S/C12H21NO/c1-14-12(7-4-8-12)9-11(13)10-5-2-3-6-10/h5,11H,2-4,6-9,13H2,1H3. The van der Waals surface area contributed by atoms with Crippen molar-refractivity contribution in [3.8, 4) is 0 Å². The summed E-state index contributed by atoms with van der Waals surface area (Å²) in [5, 5.41) is 0. The van der Waals surface area contributed by atoms with Gasteiger partial charge in [-0.1, -0.05) is 11.6 Å². The molecule has 0 aliphatic heterocycles. The molecule has 2 rings (SSSR count). The van der Waals surface area contributed by atoms with Crippen LogP contribution in [0, 0.1) is 0 Å². The minimum atomic E-state index is 0.128. The van der Waals surface area contributed by atoms with E-state index >= 15 is 0 Å². The Morgan fingerprint density at radius 1 is 1.50 bits per heavy atom. The van der Waals surface area contributed by atoms with Crippen LogP contribution in [0.5, 0.6) is 0 Å². The molecule has 0 amide bonds. The summed E-state index contributed by atoms with van der Waals surface area (Å²) in [6.07, 6.45) is 10.8. The minimum absolute atomic E-state index is 0.128. The molecule has 1 saturated carbocycles. The fourth-order valence-electron chi connectivity index (χ4n) is 2.63. The molecule has 0 aromatic rings. The van der Waals surface area contributed by atoms with E-state index in [1.165, 1.54) is 44.1 Å². The third kappa shape index (κ3) is 1.86. The summed E-state index contributed by atoms with van der Waals surface area (Å²) in [5.74, 6) is 0. The Morgan fingerprint density at radius 3 is 2.71 bits per heavy atom. The first-order valence-electron chi connectivity index (χ1n) is 5.75. The van der Waals surface area contributed by atoms with Crippen LogP contribution in [0.25, 0.3) is 0 Å². The second-order valence-electron chi connectivity index (χ2n) is 4.72. The van der Waals surface area contributed by atoms with Gasteiger partial charge in [0.25, 0.3) is 0 Å². The van der Waals surface area contributed by atoms with E-state index in [0.29, 0.717) is 0 Å². The molecule has 0 heterocycles. The number of hydrogen-bond acceptors (Lipinski definition) is 2. The predicted molar refractivity (Wildman–Crippen MR) is 58.1 cm³/mol. The van der Waals surface area contributed by atoms with Crippen molar-refractivity contribution in [1.29, 1.82) is 0 Å². The monoisotopic (exact) mass is 195 g/mol. The molecular weight excluding hydrogens is 174 g/mol. The van der Waals surface area contributed by atoms with Gasteiger partial charge in [0, 0.05) is 13.2 Å². The Kier molecular flexibility index (Phi) is 2.93. The van der Waals surface area contributed by atoms with Crippen LogP contribution in [-0.4, -0.2) is 18.8 Å². The van der Waals surface area contributed by atoms with Crippen molar-refractivity contribution < 1.29 is 4.74 Å². The SMILES string of the molecule is COC1(CC(N)C2=CCCC2)CCC1. The molecule has 0 bridgehead atoms. The lowest BCUT2D eigenvalue weighted by Crippen LogP contribution is -2.44. The first-order valence-corrected chi connectivity index (χ1v) is 5.75. The number of methoxy groups -OCH3 is 1. The molecule has 2 aliphatic carbocycles.